The summed E-state index contributed by atoms with van der Waals surface area (Å²) in [5, 5.41) is 18.4. The number of nitriles is 1. The van der Waals surface area contributed by atoms with Gasteiger partial charge in [0.2, 0.25) is 0 Å². The van der Waals surface area contributed by atoms with Gasteiger partial charge in [-0.1, -0.05) is 77.8 Å². The summed E-state index contributed by atoms with van der Waals surface area (Å²) in [6.45, 7) is 0. The first kappa shape index (κ1) is 21.3. The third-order valence-electron chi connectivity index (χ3n) is 5.46. The molecule has 1 fully saturated rings. The topological polar surface area (TPSA) is 64.9 Å². The Hall–Kier alpha value is -2.91. The van der Waals surface area contributed by atoms with E-state index in [0.717, 1.165) is 11.1 Å². The summed E-state index contributed by atoms with van der Waals surface area (Å²) in [5.74, 6) is -0.307. The van der Waals surface area contributed by atoms with Crippen molar-refractivity contribution in [1.29, 1.82) is 5.26 Å². The molecule has 1 aliphatic heterocycles. The molecule has 0 bridgehead atoms. The van der Waals surface area contributed by atoms with Crippen molar-refractivity contribution in [2.75, 3.05) is 0 Å². The van der Waals surface area contributed by atoms with E-state index in [9.17, 15) is 10.1 Å². The maximum absolute atomic E-state index is 14.0. The van der Waals surface area contributed by atoms with Crippen LogP contribution in [0.5, 0.6) is 0 Å². The molecule has 0 aliphatic carbocycles. The summed E-state index contributed by atoms with van der Waals surface area (Å²) >= 11 is 17.6. The molecular formula is C24H17Cl2N3OS. The minimum absolute atomic E-state index is 0.307. The highest BCUT2D eigenvalue weighted by Gasteiger charge is 2.56. The molecule has 1 saturated heterocycles. The van der Waals surface area contributed by atoms with E-state index in [1.807, 2.05) is 6.07 Å². The Bertz CT molecular complexity index is 1100. The fourth-order valence-corrected chi connectivity index (χ4v) is 4.46. The van der Waals surface area contributed by atoms with Gasteiger partial charge in [-0.3, -0.25) is 4.79 Å². The normalized spacial score (nSPS) is 22.7. The number of carbonyl (C=O) groups excluding carboxylic acids is 1. The predicted octanol–water partition coefficient (Wildman–Crippen LogP) is 5.65. The van der Waals surface area contributed by atoms with Crippen LogP contribution in [0.2, 0.25) is 10.0 Å². The highest BCUT2D eigenvalue weighted by Crippen LogP contribution is 2.48. The molecule has 2 N–H and O–H groups in total. The van der Waals surface area contributed by atoms with E-state index in [4.69, 9.17) is 35.4 Å². The highest BCUT2D eigenvalue weighted by atomic mass is 35.5. The lowest BCUT2D eigenvalue weighted by Gasteiger charge is -2.46. The molecule has 3 aromatic rings. The Balaban J connectivity index is 1.95. The van der Waals surface area contributed by atoms with Gasteiger partial charge in [0, 0.05) is 15.6 Å². The molecule has 0 aromatic heterocycles. The van der Waals surface area contributed by atoms with Crippen LogP contribution in [0.25, 0.3) is 0 Å². The molecule has 1 aliphatic rings. The minimum atomic E-state index is -1.54. The molecule has 4 rings (SSSR count). The molecule has 0 saturated carbocycles. The van der Waals surface area contributed by atoms with Crippen molar-refractivity contribution in [3.8, 4) is 6.07 Å². The van der Waals surface area contributed by atoms with Crippen molar-refractivity contribution in [2.24, 2.45) is 5.41 Å². The zero-order chi connectivity index (χ0) is 22.0. The van der Waals surface area contributed by atoms with Gasteiger partial charge >= 0.3 is 0 Å². The largest absolute Gasteiger partial charge is 0.354 e. The summed E-state index contributed by atoms with van der Waals surface area (Å²) in [6, 6.07) is 23.9. The summed E-state index contributed by atoms with van der Waals surface area (Å²) in [4.78, 5) is 14.0. The molecule has 4 nitrogen and oxygen atoms in total. The van der Waals surface area contributed by atoms with E-state index >= 15 is 0 Å². The van der Waals surface area contributed by atoms with Gasteiger partial charge in [-0.15, -0.1) is 0 Å². The number of halogens is 2. The van der Waals surface area contributed by atoms with Crippen molar-refractivity contribution < 1.29 is 4.79 Å². The first-order valence-electron chi connectivity index (χ1n) is 9.55. The SMILES string of the molecule is N#CC1(C(=O)c2ccccc2)[C@@H](c2ccc(Cl)cc2)NC(=S)N[C@H]1c1ccc(Cl)cc1. The van der Waals surface area contributed by atoms with Crippen molar-refractivity contribution in [3.05, 3.63) is 106 Å². The maximum Gasteiger partial charge on any atom is 0.188 e. The summed E-state index contributed by atoms with van der Waals surface area (Å²) < 4.78 is 0. The molecule has 1 unspecified atom stereocenters. The van der Waals surface area contributed by atoms with Gasteiger partial charge in [-0.2, -0.15) is 5.26 Å². The zero-order valence-corrected chi connectivity index (χ0v) is 18.5. The van der Waals surface area contributed by atoms with E-state index in [-0.39, 0.29) is 5.78 Å². The molecule has 0 radical (unpaired) electrons. The monoisotopic (exact) mass is 465 g/mol. The predicted molar refractivity (Wildman–Crippen MR) is 126 cm³/mol. The molecule has 3 atom stereocenters. The van der Waals surface area contributed by atoms with E-state index in [1.165, 1.54) is 0 Å². The number of carbonyl (C=O) groups is 1. The molecular weight excluding hydrogens is 449 g/mol. The van der Waals surface area contributed by atoms with E-state index < -0.39 is 17.5 Å². The number of thiocarbonyl (C=S) groups is 1. The third kappa shape index (κ3) is 3.90. The Labute approximate surface area is 195 Å². The smallest absolute Gasteiger partial charge is 0.188 e. The Morgan fingerprint density at radius 3 is 1.71 bits per heavy atom. The number of hydrogen-bond donors (Lipinski definition) is 2. The van der Waals surface area contributed by atoms with Crippen LogP contribution in [0, 0.1) is 16.7 Å². The summed E-state index contributed by atoms with van der Waals surface area (Å²) in [5.41, 5.74) is 0.375. The lowest BCUT2D eigenvalue weighted by molar-refractivity contribution is 0.0740. The van der Waals surface area contributed by atoms with Crippen molar-refractivity contribution >= 4 is 46.3 Å². The minimum Gasteiger partial charge on any atom is -0.354 e. The van der Waals surface area contributed by atoms with E-state index in [1.54, 1.807) is 72.8 Å². The van der Waals surface area contributed by atoms with Gasteiger partial charge in [0.05, 0.1) is 18.2 Å². The Kier molecular flexibility index (Phi) is 5.97. The van der Waals surface area contributed by atoms with Crippen LogP contribution in [0.15, 0.2) is 78.9 Å². The van der Waals surface area contributed by atoms with Crippen LogP contribution in [-0.2, 0) is 0 Å². The third-order valence-corrected chi connectivity index (χ3v) is 6.20. The van der Waals surface area contributed by atoms with Crippen molar-refractivity contribution in [3.63, 3.8) is 0 Å². The first-order valence-corrected chi connectivity index (χ1v) is 10.7. The van der Waals surface area contributed by atoms with Gasteiger partial charge in [0.15, 0.2) is 16.3 Å². The number of Topliss-reactive ketones (excluding diaryl/α,β-unsaturated/α-hetero) is 1. The van der Waals surface area contributed by atoms with Crippen LogP contribution in [0.3, 0.4) is 0 Å². The van der Waals surface area contributed by atoms with Crippen LogP contribution < -0.4 is 10.6 Å². The summed E-state index contributed by atoms with van der Waals surface area (Å²) in [7, 11) is 0. The number of hydrogen-bond acceptors (Lipinski definition) is 3. The van der Waals surface area contributed by atoms with E-state index in [2.05, 4.69) is 16.7 Å². The zero-order valence-electron chi connectivity index (χ0n) is 16.2. The average molecular weight is 466 g/mol. The van der Waals surface area contributed by atoms with Crippen LogP contribution in [0.1, 0.15) is 33.6 Å². The van der Waals surface area contributed by atoms with Crippen LogP contribution in [-0.4, -0.2) is 10.9 Å². The lowest BCUT2D eigenvalue weighted by atomic mass is 9.65. The molecule has 7 heteroatoms. The van der Waals surface area contributed by atoms with Crippen LogP contribution in [0.4, 0.5) is 0 Å². The standard InChI is InChI=1S/C24H17Cl2N3OS/c25-18-10-6-15(7-11-18)20-24(14-27,22(30)17-4-2-1-3-5-17)21(29-23(31)28-20)16-8-12-19(26)13-9-16/h1-13,20-21H,(H2,28,29,31)/t20-,21+,24?. The average Bonchev–Trinajstić information content (AvgIpc) is 2.80. The molecule has 31 heavy (non-hydrogen) atoms. The van der Waals surface area contributed by atoms with Gasteiger partial charge in [0.1, 0.15) is 0 Å². The second-order valence-electron chi connectivity index (χ2n) is 7.26. The Morgan fingerprint density at radius 2 is 1.29 bits per heavy atom. The number of nitrogens with one attached hydrogen (secondary N) is 2. The molecule has 0 amide bonds. The molecule has 154 valence electrons. The quantitative estimate of drug-likeness (QED) is 0.385. The number of benzene rings is 3. The molecule has 1 heterocycles. The fourth-order valence-electron chi connectivity index (χ4n) is 3.97. The van der Waals surface area contributed by atoms with Gasteiger partial charge in [-0.05, 0) is 47.6 Å². The number of rotatable bonds is 4. The second kappa shape index (κ2) is 8.68. The van der Waals surface area contributed by atoms with Gasteiger partial charge in [-0.25, -0.2) is 0 Å². The van der Waals surface area contributed by atoms with Gasteiger partial charge < -0.3 is 10.6 Å². The second-order valence-corrected chi connectivity index (χ2v) is 8.54. The Morgan fingerprint density at radius 1 is 0.839 bits per heavy atom. The van der Waals surface area contributed by atoms with Crippen molar-refractivity contribution in [2.45, 2.75) is 12.1 Å². The van der Waals surface area contributed by atoms with Crippen molar-refractivity contribution in [1.82, 2.24) is 10.6 Å². The summed E-state index contributed by atoms with van der Waals surface area (Å²) in [6.07, 6.45) is 0. The number of ketones is 1. The highest BCUT2D eigenvalue weighted by molar-refractivity contribution is 7.80. The maximum atomic E-state index is 14.0. The van der Waals surface area contributed by atoms with E-state index in [0.29, 0.717) is 20.7 Å². The molecule has 3 aromatic carbocycles. The lowest BCUT2D eigenvalue weighted by Crippen LogP contribution is -2.60. The molecule has 0 spiro atoms. The number of nitrogens with zero attached hydrogens (tertiary/aromatic N) is 1. The van der Waals surface area contributed by atoms with Gasteiger partial charge in [0.25, 0.3) is 0 Å². The fraction of sp³-hybridized carbons (Fsp3) is 0.125. The first-order chi connectivity index (χ1) is 15.0. The van der Waals surface area contributed by atoms with Crippen LogP contribution >= 0.6 is 35.4 Å².